The van der Waals surface area contributed by atoms with Gasteiger partial charge in [0, 0.05) is 30.5 Å². The fraction of sp³-hybridized carbons (Fsp3) is 0.600. The molecule has 1 aromatic carbocycles. The summed E-state index contributed by atoms with van der Waals surface area (Å²) in [5, 5.41) is 1.02. The lowest BCUT2D eigenvalue weighted by Gasteiger charge is -2.30. The first-order valence-electron chi connectivity index (χ1n) is 9.56. The van der Waals surface area contributed by atoms with Crippen molar-refractivity contribution >= 4 is 16.7 Å². The number of ether oxygens (including phenoxy) is 3. The molecule has 0 spiro atoms. The van der Waals surface area contributed by atoms with Crippen LogP contribution in [0.3, 0.4) is 0 Å². The number of aromatic nitrogens is 2. The quantitative estimate of drug-likeness (QED) is 0.834. The van der Waals surface area contributed by atoms with Gasteiger partial charge in [0.1, 0.15) is 11.6 Å². The van der Waals surface area contributed by atoms with Crippen LogP contribution in [0.5, 0.6) is 11.5 Å². The van der Waals surface area contributed by atoms with E-state index in [0.29, 0.717) is 17.4 Å². The molecule has 1 saturated carbocycles. The van der Waals surface area contributed by atoms with Crippen LogP contribution in [0.4, 0.5) is 5.82 Å². The van der Waals surface area contributed by atoms with Gasteiger partial charge in [-0.3, -0.25) is 0 Å². The number of hydrogen-bond donors (Lipinski definition) is 0. The Kier molecular flexibility index (Phi) is 5.11. The van der Waals surface area contributed by atoms with E-state index in [-0.39, 0.29) is 0 Å². The molecule has 2 heterocycles. The van der Waals surface area contributed by atoms with E-state index in [1.54, 1.807) is 14.2 Å². The van der Waals surface area contributed by atoms with Crippen molar-refractivity contribution in [1.29, 1.82) is 0 Å². The highest BCUT2D eigenvalue weighted by Crippen LogP contribution is 2.38. The molecular formula is C20H27N3O3. The van der Waals surface area contributed by atoms with Crippen molar-refractivity contribution in [2.45, 2.75) is 38.0 Å². The Morgan fingerprint density at radius 3 is 2.35 bits per heavy atom. The number of morpholine rings is 1. The van der Waals surface area contributed by atoms with Gasteiger partial charge in [-0.2, -0.15) is 0 Å². The maximum atomic E-state index is 5.53. The molecule has 140 valence electrons. The topological polar surface area (TPSA) is 56.7 Å². The second kappa shape index (κ2) is 7.66. The molecule has 0 amide bonds. The SMILES string of the molecule is COc1cc2nc(C3CCCCC3)nc(N3CCOCC3)c2cc1OC. The van der Waals surface area contributed by atoms with Gasteiger partial charge in [0.2, 0.25) is 0 Å². The molecule has 1 saturated heterocycles. The normalized spacial score (nSPS) is 18.9. The first kappa shape index (κ1) is 17.3. The number of rotatable bonds is 4. The summed E-state index contributed by atoms with van der Waals surface area (Å²) in [4.78, 5) is 12.3. The molecule has 2 aromatic rings. The molecule has 6 heteroatoms. The number of nitrogens with zero attached hydrogens (tertiary/aromatic N) is 3. The first-order chi connectivity index (χ1) is 12.8. The summed E-state index contributed by atoms with van der Waals surface area (Å²) in [6, 6.07) is 3.98. The summed E-state index contributed by atoms with van der Waals surface area (Å²) >= 11 is 0. The molecule has 26 heavy (non-hydrogen) atoms. The lowest BCUT2D eigenvalue weighted by molar-refractivity contribution is 0.122. The van der Waals surface area contributed by atoms with Gasteiger partial charge in [-0.05, 0) is 18.9 Å². The fourth-order valence-corrected chi connectivity index (χ4v) is 4.02. The van der Waals surface area contributed by atoms with E-state index in [1.807, 2.05) is 12.1 Å². The molecule has 2 fully saturated rings. The number of fused-ring (bicyclic) bond motifs is 1. The molecule has 1 aliphatic carbocycles. The first-order valence-corrected chi connectivity index (χ1v) is 9.56. The molecule has 0 radical (unpaired) electrons. The van der Waals surface area contributed by atoms with Crippen LogP contribution in [0.15, 0.2) is 12.1 Å². The van der Waals surface area contributed by atoms with Crippen LogP contribution in [0.1, 0.15) is 43.8 Å². The van der Waals surface area contributed by atoms with E-state index in [4.69, 9.17) is 24.2 Å². The summed E-state index contributed by atoms with van der Waals surface area (Å²) in [5.41, 5.74) is 0.930. The maximum absolute atomic E-state index is 5.53. The molecule has 0 N–H and O–H groups in total. The molecule has 0 atom stereocenters. The van der Waals surface area contributed by atoms with E-state index in [1.165, 1.54) is 32.1 Å². The van der Waals surface area contributed by atoms with Crippen LogP contribution < -0.4 is 14.4 Å². The summed E-state index contributed by atoms with van der Waals surface area (Å²) < 4.78 is 16.5. The highest BCUT2D eigenvalue weighted by molar-refractivity contribution is 5.92. The second-order valence-corrected chi connectivity index (χ2v) is 7.06. The van der Waals surface area contributed by atoms with Gasteiger partial charge in [-0.25, -0.2) is 9.97 Å². The van der Waals surface area contributed by atoms with E-state index in [9.17, 15) is 0 Å². The lowest BCUT2D eigenvalue weighted by Crippen LogP contribution is -2.37. The minimum atomic E-state index is 0.459. The third-order valence-corrected chi connectivity index (χ3v) is 5.48. The van der Waals surface area contributed by atoms with E-state index < -0.39 is 0 Å². The number of anilines is 1. The average Bonchev–Trinajstić information content (AvgIpc) is 2.73. The van der Waals surface area contributed by atoms with Gasteiger partial charge in [0.15, 0.2) is 11.5 Å². The highest BCUT2D eigenvalue weighted by atomic mass is 16.5. The third kappa shape index (κ3) is 3.30. The van der Waals surface area contributed by atoms with Gasteiger partial charge in [0.25, 0.3) is 0 Å². The summed E-state index contributed by atoms with van der Waals surface area (Å²) in [7, 11) is 3.32. The smallest absolute Gasteiger partial charge is 0.162 e. The molecule has 1 aliphatic heterocycles. The zero-order valence-electron chi connectivity index (χ0n) is 15.7. The second-order valence-electron chi connectivity index (χ2n) is 7.06. The summed E-state index contributed by atoms with van der Waals surface area (Å²) in [5.74, 6) is 3.86. The van der Waals surface area contributed by atoms with E-state index in [0.717, 1.165) is 48.8 Å². The Morgan fingerprint density at radius 1 is 0.962 bits per heavy atom. The Hall–Kier alpha value is -2.08. The van der Waals surface area contributed by atoms with Crippen molar-refractivity contribution in [2.75, 3.05) is 45.4 Å². The predicted octanol–water partition coefficient (Wildman–Crippen LogP) is 3.53. The maximum Gasteiger partial charge on any atom is 0.162 e. The van der Waals surface area contributed by atoms with Crippen molar-refractivity contribution in [3.05, 3.63) is 18.0 Å². The molecule has 0 unspecified atom stereocenters. The van der Waals surface area contributed by atoms with E-state index in [2.05, 4.69) is 4.90 Å². The minimum Gasteiger partial charge on any atom is -0.493 e. The third-order valence-electron chi connectivity index (χ3n) is 5.48. The van der Waals surface area contributed by atoms with Crippen LogP contribution in [0, 0.1) is 0 Å². The van der Waals surface area contributed by atoms with Crippen LogP contribution in [0.25, 0.3) is 10.9 Å². The van der Waals surface area contributed by atoms with Crippen LogP contribution >= 0.6 is 0 Å². The Balaban J connectivity index is 1.85. The number of hydrogen-bond acceptors (Lipinski definition) is 6. The standard InChI is InChI=1S/C20H27N3O3/c1-24-17-12-15-16(13-18(17)25-2)21-19(14-6-4-3-5-7-14)22-20(15)23-8-10-26-11-9-23/h12-14H,3-11H2,1-2H3. The van der Waals surface area contributed by atoms with Crippen LogP contribution in [-0.2, 0) is 4.74 Å². The monoisotopic (exact) mass is 357 g/mol. The highest BCUT2D eigenvalue weighted by Gasteiger charge is 2.24. The fourth-order valence-electron chi connectivity index (χ4n) is 4.02. The van der Waals surface area contributed by atoms with Gasteiger partial charge >= 0.3 is 0 Å². The minimum absolute atomic E-state index is 0.459. The van der Waals surface area contributed by atoms with Gasteiger partial charge < -0.3 is 19.1 Å². The molecule has 6 nitrogen and oxygen atoms in total. The van der Waals surface area contributed by atoms with Gasteiger partial charge in [-0.15, -0.1) is 0 Å². The van der Waals surface area contributed by atoms with Gasteiger partial charge in [0.05, 0.1) is 33.0 Å². The molecule has 1 aromatic heterocycles. The molecular weight excluding hydrogens is 330 g/mol. The average molecular weight is 357 g/mol. The van der Waals surface area contributed by atoms with Crippen LogP contribution in [-0.4, -0.2) is 50.5 Å². The van der Waals surface area contributed by atoms with Crippen molar-refractivity contribution in [3.63, 3.8) is 0 Å². The zero-order chi connectivity index (χ0) is 17.9. The van der Waals surface area contributed by atoms with Crippen molar-refractivity contribution in [3.8, 4) is 11.5 Å². The number of benzene rings is 1. The Morgan fingerprint density at radius 2 is 1.65 bits per heavy atom. The summed E-state index contributed by atoms with van der Waals surface area (Å²) in [6.45, 7) is 3.17. The lowest BCUT2D eigenvalue weighted by atomic mass is 9.88. The van der Waals surface area contributed by atoms with Gasteiger partial charge in [-0.1, -0.05) is 19.3 Å². The Bertz CT molecular complexity index is 768. The van der Waals surface area contributed by atoms with Crippen molar-refractivity contribution < 1.29 is 14.2 Å². The zero-order valence-corrected chi connectivity index (χ0v) is 15.7. The number of methoxy groups -OCH3 is 2. The van der Waals surface area contributed by atoms with Crippen molar-refractivity contribution in [2.24, 2.45) is 0 Å². The molecule has 0 bridgehead atoms. The van der Waals surface area contributed by atoms with Crippen molar-refractivity contribution in [1.82, 2.24) is 9.97 Å². The van der Waals surface area contributed by atoms with Crippen LogP contribution in [0.2, 0.25) is 0 Å². The van der Waals surface area contributed by atoms with E-state index >= 15 is 0 Å². The summed E-state index contributed by atoms with van der Waals surface area (Å²) in [6.07, 6.45) is 6.23. The largest absolute Gasteiger partial charge is 0.493 e. The Labute approximate surface area is 154 Å². The molecule has 2 aliphatic rings. The molecule has 4 rings (SSSR count). The predicted molar refractivity (Wildman–Crippen MR) is 102 cm³/mol.